The van der Waals surface area contributed by atoms with Gasteiger partial charge in [0.15, 0.2) is 0 Å². The highest BCUT2D eigenvalue weighted by Crippen LogP contribution is 2.30. The largest absolute Gasteiger partial charge is 0.379 e. The number of aromatic nitrogens is 4. The van der Waals surface area contributed by atoms with Gasteiger partial charge in [0.2, 0.25) is 0 Å². The molecule has 0 N–H and O–H groups in total. The molecule has 2 fully saturated rings. The molecule has 4 heterocycles. The van der Waals surface area contributed by atoms with Crippen molar-refractivity contribution in [3.05, 3.63) is 66.1 Å². The molecule has 0 spiro atoms. The summed E-state index contributed by atoms with van der Waals surface area (Å²) in [4.78, 5) is 27.1. The lowest BCUT2D eigenvalue weighted by atomic mass is 9.98. The Labute approximate surface area is 228 Å². The summed E-state index contributed by atoms with van der Waals surface area (Å²) in [6.07, 6.45) is 6.77. The number of amides is 1. The van der Waals surface area contributed by atoms with E-state index < -0.39 is 0 Å². The molecule has 2 saturated heterocycles. The maximum absolute atomic E-state index is 13.1. The first-order valence-corrected chi connectivity index (χ1v) is 13.7. The van der Waals surface area contributed by atoms with E-state index in [1.165, 1.54) is 0 Å². The first-order chi connectivity index (χ1) is 19.2. The predicted molar refractivity (Wildman–Crippen MR) is 150 cm³/mol. The molecule has 9 nitrogen and oxygen atoms in total. The Hall–Kier alpha value is -3.66. The number of hydrogen-bond donors (Lipinski definition) is 0. The minimum absolute atomic E-state index is 0.0595. The van der Waals surface area contributed by atoms with Crippen LogP contribution in [0.25, 0.3) is 33.4 Å². The molecule has 2 aromatic heterocycles. The Bertz CT molecular complexity index is 1460. The summed E-state index contributed by atoms with van der Waals surface area (Å²) in [6, 6.07) is 12.1. The van der Waals surface area contributed by atoms with Crippen molar-refractivity contribution in [3.63, 3.8) is 0 Å². The zero-order valence-corrected chi connectivity index (χ0v) is 22.4. The summed E-state index contributed by atoms with van der Waals surface area (Å²) in [5.74, 6) is 0.0595. The van der Waals surface area contributed by atoms with Gasteiger partial charge in [-0.3, -0.25) is 19.4 Å². The highest BCUT2D eigenvalue weighted by atomic mass is 16.5. The number of fused-ring (bicyclic) bond motifs is 1. The van der Waals surface area contributed by atoms with E-state index in [1.54, 1.807) is 0 Å². The molecule has 2 aliphatic heterocycles. The van der Waals surface area contributed by atoms with Crippen LogP contribution in [0.2, 0.25) is 0 Å². The third-order valence-electron chi connectivity index (χ3n) is 7.53. The molecule has 0 unspecified atom stereocenters. The van der Waals surface area contributed by atoms with Crippen molar-refractivity contribution in [2.24, 2.45) is 0 Å². The first-order valence-electron chi connectivity index (χ1n) is 13.7. The summed E-state index contributed by atoms with van der Waals surface area (Å²) < 4.78 is 12.8. The van der Waals surface area contributed by atoms with E-state index in [0.29, 0.717) is 26.3 Å². The van der Waals surface area contributed by atoms with Crippen LogP contribution in [-0.2, 0) is 16.0 Å². The summed E-state index contributed by atoms with van der Waals surface area (Å²) in [7, 11) is 0. The van der Waals surface area contributed by atoms with Crippen molar-refractivity contribution in [2.45, 2.75) is 19.9 Å². The molecule has 0 aliphatic carbocycles. The number of carbonyl (C=O) groups excluding carboxylic acids is 1. The van der Waals surface area contributed by atoms with E-state index >= 15 is 0 Å². The van der Waals surface area contributed by atoms with E-state index in [0.717, 1.165) is 90.4 Å². The number of aryl methyl sites for hydroxylation is 2. The smallest absolute Gasteiger partial charge is 0.254 e. The molecule has 0 bridgehead atoms. The van der Waals surface area contributed by atoms with Gasteiger partial charge >= 0.3 is 0 Å². The van der Waals surface area contributed by atoms with Gasteiger partial charge in [-0.05, 0) is 36.6 Å². The summed E-state index contributed by atoms with van der Waals surface area (Å²) in [6.45, 7) is 10.0. The standard InChI is InChI=1S/C30H34N6O3/c1-22-18-23(6-7-25(22)30(37)35-12-16-39-17-13-35)26-4-2-5-27-29(26)33-28(20-31-27)24-19-32-36(21-24)9-3-8-34-10-14-38-15-11-34/h2,4-7,18-21H,3,8-17H2,1H3. The fraction of sp³-hybridized carbons (Fsp3) is 0.400. The fourth-order valence-electron chi connectivity index (χ4n) is 5.31. The molecule has 0 saturated carbocycles. The van der Waals surface area contributed by atoms with Gasteiger partial charge in [0, 0.05) is 62.2 Å². The molecule has 9 heteroatoms. The van der Waals surface area contributed by atoms with Crippen molar-refractivity contribution in [1.29, 1.82) is 0 Å². The Kier molecular flexibility index (Phi) is 7.62. The van der Waals surface area contributed by atoms with E-state index in [4.69, 9.17) is 19.4 Å². The van der Waals surface area contributed by atoms with Gasteiger partial charge in [0.05, 0.1) is 55.5 Å². The fourth-order valence-corrected chi connectivity index (χ4v) is 5.31. The van der Waals surface area contributed by atoms with E-state index in [-0.39, 0.29) is 5.91 Å². The molecule has 2 aliphatic rings. The zero-order chi connectivity index (χ0) is 26.6. The molecule has 6 rings (SSSR count). The van der Waals surface area contributed by atoms with Gasteiger partial charge in [-0.2, -0.15) is 5.10 Å². The van der Waals surface area contributed by atoms with Crippen LogP contribution in [0, 0.1) is 6.92 Å². The van der Waals surface area contributed by atoms with Crippen LogP contribution < -0.4 is 0 Å². The van der Waals surface area contributed by atoms with Crippen molar-refractivity contribution in [2.75, 3.05) is 59.2 Å². The predicted octanol–water partition coefficient (Wildman–Crippen LogP) is 3.66. The summed E-state index contributed by atoms with van der Waals surface area (Å²) in [5, 5.41) is 4.57. The molecule has 0 atom stereocenters. The summed E-state index contributed by atoms with van der Waals surface area (Å²) in [5.41, 5.74) is 7.10. The lowest BCUT2D eigenvalue weighted by molar-refractivity contribution is 0.0302. The van der Waals surface area contributed by atoms with Crippen LogP contribution in [0.15, 0.2) is 55.0 Å². The molecule has 0 radical (unpaired) electrons. The van der Waals surface area contributed by atoms with Crippen molar-refractivity contribution >= 4 is 16.9 Å². The number of para-hydroxylation sites is 1. The molecular formula is C30H34N6O3. The normalized spacial score (nSPS) is 16.6. The van der Waals surface area contributed by atoms with Crippen LogP contribution in [0.5, 0.6) is 0 Å². The van der Waals surface area contributed by atoms with Gasteiger partial charge in [-0.1, -0.05) is 24.3 Å². The monoisotopic (exact) mass is 526 g/mol. The second-order valence-corrected chi connectivity index (χ2v) is 10.2. The third-order valence-corrected chi connectivity index (χ3v) is 7.53. The third kappa shape index (κ3) is 5.71. The lowest BCUT2D eigenvalue weighted by Crippen LogP contribution is -2.40. The number of benzene rings is 2. The number of nitrogens with zero attached hydrogens (tertiary/aromatic N) is 6. The van der Waals surface area contributed by atoms with Crippen LogP contribution in [0.3, 0.4) is 0 Å². The second-order valence-electron chi connectivity index (χ2n) is 10.2. The van der Waals surface area contributed by atoms with E-state index in [2.05, 4.69) is 22.1 Å². The van der Waals surface area contributed by atoms with E-state index in [1.807, 2.05) is 59.4 Å². The Morgan fingerprint density at radius 1 is 0.923 bits per heavy atom. The Balaban J connectivity index is 1.21. The van der Waals surface area contributed by atoms with Crippen LogP contribution in [0.1, 0.15) is 22.3 Å². The number of morpholine rings is 2. The quantitative estimate of drug-likeness (QED) is 0.363. The summed E-state index contributed by atoms with van der Waals surface area (Å²) >= 11 is 0. The topological polar surface area (TPSA) is 85.6 Å². The van der Waals surface area contributed by atoms with Crippen LogP contribution in [0.4, 0.5) is 0 Å². The van der Waals surface area contributed by atoms with Crippen molar-refractivity contribution < 1.29 is 14.3 Å². The molecule has 1 amide bonds. The highest BCUT2D eigenvalue weighted by molar-refractivity contribution is 5.98. The van der Waals surface area contributed by atoms with Crippen molar-refractivity contribution in [1.82, 2.24) is 29.5 Å². The Morgan fingerprint density at radius 2 is 1.72 bits per heavy atom. The average Bonchev–Trinajstić information content (AvgIpc) is 3.46. The number of hydrogen-bond acceptors (Lipinski definition) is 7. The zero-order valence-electron chi connectivity index (χ0n) is 22.4. The van der Waals surface area contributed by atoms with Gasteiger partial charge < -0.3 is 14.4 Å². The highest BCUT2D eigenvalue weighted by Gasteiger charge is 2.20. The van der Waals surface area contributed by atoms with Crippen LogP contribution >= 0.6 is 0 Å². The number of carbonyl (C=O) groups is 1. The lowest BCUT2D eigenvalue weighted by Gasteiger charge is -2.27. The first kappa shape index (κ1) is 25.6. The molecular weight excluding hydrogens is 492 g/mol. The number of ether oxygens (including phenoxy) is 2. The SMILES string of the molecule is Cc1cc(-c2cccc3ncc(-c4cnn(CCCN5CCOCC5)c4)nc23)ccc1C(=O)N1CCOCC1. The molecule has 39 heavy (non-hydrogen) atoms. The van der Waals surface area contributed by atoms with E-state index in [9.17, 15) is 4.79 Å². The van der Waals surface area contributed by atoms with Crippen molar-refractivity contribution in [3.8, 4) is 22.4 Å². The molecule has 2 aromatic carbocycles. The van der Waals surface area contributed by atoms with Gasteiger partial charge in [0.25, 0.3) is 5.91 Å². The van der Waals surface area contributed by atoms with Gasteiger partial charge in [-0.15, -0.1) is 0 Å². The molecule has 202 valence electrons. The average molecular weight is 527 g/mol. The van der Waals surface area contributed by atoms with Gasteiger partial charge in [0.1, 0.15) is 0 Å². The number of rotatable bonds is 7. The van der Waals surface area contributed by atoms with Gasteiger partial charge in [-0.25, -0.2) is 4.98 Å². The maximum Gasteiger partial charge on any atom is 0.254 e. The second kappa shape index (κ2) is 11.6. The molecule has 4 aromatic rings. The Morgan fingerprint density at radius 3 is 2.51 bits per heavy atom. The minimum atomic E-state index is 0.0595. The minimum Gasteiger partial charge on any atom is -0.379 e. The maximum atomic E-state index is 13.1. The van der Waals surface area contributed by atoms with Crippen LogP contribution in [-0.4, -0.2) is 94.6 Å².